The van der Waals surface area contributed by atoms with E-state index in [1.165, 1.54) is 32.9 Å². The van der Waals surface area contributed by atoms with Crippen LogP contribution in [0.15, 0.2) is 24.9 Å². The van der Waals surface area contributed by atoms with Gasteiger partial charge in [-0.1, -0.05) is 13.2 Å². The van der Waals surface area contributed by atoms with Crippen molar-refractivity contribution in [3.05, 3.63) is 24.9 Å². The predicted molar refractivity (Wildman–Crippen MR) is 66.1 cm³/mol. The third-order valence-electron chi connectivity index (χ3n) is 2.28. The Morgan fingerprint density at radius 3 is 1.94 bits per heavy atom. The highest BCUT2D eigenvalue weighted by molar-refractivity contribution is 6.06. The number of ketones is 2. The normalized spacial score (nSPS) is 13.8. The number of likely N-dealkylation sites (tertiary alicyclic amines) is 1. The maximum Gasteiger partial charge on any atom is 0.165 e. The fraction of sp³-hybridized carbons (Fsp3) is 0.538. The fourth-order valence-electron chi connectivity index (χ4n) is 1.30. The molecule has 0 saturated carbocycles. The quantitative estimate of drug-likeness (QED) is 0.542. The van der Waals surface area contributed by atoms with E-state index >= 15 is 0 Å². The molecule has 1 rings (SSSR count). The van der Waals surface area contributed by atoms with Crippen LogP contribution >= 0.6 is 0 Å². The van der Waals surface area contributed by atoms with Gasteiger partial charge in [-0.3, -0.25) is 9.59 Å². The molecule has 1 aliphatic rings. The summed E-state index contributed by atoms with van der Waals surface area (Å²) in [6.45, 7) is 12.5. The number of nitrogens with zero attached hydrogens (tertiary/aromatic N) is 1. The second kappa shape index (κ2) is 7.85. The molecule has 90 valence electrons. The molecular weight excluding hydrogens is 202 g/mol. The molecule has 0 bridgehead atoms. The van der Waals surface area contributed by atoms with Gasteiger partial charge in [0.15, 0.2) is 5.78 Å². The zero-order chi connectivity index (χ0) is 12.6. The van der Waals surface area contributed by atoms with Gasteiger partial charge in [-0.2, -0.15) is 0 Å². The summed E-state index contributed by atoms with van der Waals surface area (Å²) in [5.74, 6) is -0.273. The monoisotopic (exact) mass is 223 g/mol. The zero-order valence-corrected chi connectivity index (χ0v) is 10.3. The Morgan fingerprint density at radius 1 is 1.25 bits per heavy atom. The lowest BCUT2D eigenvalue weighted by atomic mass is 10.1. The van der Waals surface area contributed by atoms with E-state index < -0.39 is 0 Å². The first-order valence-electron chi connectivity index (χ1n) is 5.52. The predicted octanol–water partition coefficient (Wildman–Crippen LogP) is 2.34. The molecule has 1 aliphatic heterocycles. The van der Waals surface area contributed by atoms with Crippen LogP contribution in [0.1, 0.15) is 33.1 Å². The molecule has 0 aliphatic carbocycles. The van der Waals surface area contributed by atoms with E-state index in [-0.39, 0.29) is 18.0 Å². The summed E-state index contributed by atoms with van der Waals surface area (Å²) in [5.41, 5.74) is 0.449. The molecule has 0 amide bonds. The van der Waals surface area contributed by atoms with Gasteiger partial charge in [0.2, 0.25) is 0 Å². The molecule has 0 unspecified atom stereocenters. The second-order valence-corrected chi connectivity index (χ2v) is 4.01. The molecule has 3 heteroatoms. The first-order chi connectivity index (χ1) is 7.47. The minimum Gasteiger partial charge on any atom is -0.378 e. The third-order valence-corrected chi connectivity index (χ3v) is 2.28. The number of carbonyl (C=O) groups is 2. The second-order valence-electron chi connectivity index (χ2n) is 4.01. The van der Waals surface area contributed by atoms with Crippen LogP contribution < -0.4 is 0 Å². The Hall–Kier alpha value is -1.38. The van der Waals surface area contributed by atoms with Crippen LogP contribution in [-0.2, 0) is 9.59 Å². The van der Waals surface area contributed by atoms with Gasteiger partial charge in [-0.25, -0.2) is 0 Å². The number of hydrogen-bond acceptors (Lipinski definition) is 3. The van der Waals surface area contributed by atoms with Gasteiger partial charge in [0, 0.05) is 13.1 Å². The van der Waals surface area contributed by atoms with Crippen molar-refractivity contribution in [3.63, 3.8) is 0 Å². The van der Waals surface area contributed by atoms with E-state index in [9.17, 15) is 9.59 Å². The Labute approximate surface area is 97.8 Å². The summed E-state index contributed by atoms with van der Waals surface area (Å²) in [6, 6.07) is 0. The number of hydrogen-bond donors (Lipinski definition) is 0. The average molecular weight is 223 g/mol. The van der Waals surface area contributed by atoms with Gasteiger partial charge in [-0.15, -0.1) is 0 Å². The van der Waals surface area contributed by atoms with Crippen molar-refractivity contribution in [2.24, 2.45) is 0 Å². The Morgan fingerprint density at radius 2 is 1.75 bits per heavy atom. The Kier molecular flexibility index (Phi) is 7.18. The highest BCUT2D eigenvalue weighted by Crippen LogP contribution is 2.05. The SMILES string of the molecule is C=C(C)C(=O)CC(C)=O.C=CN1CCCC1. The summed E-state index contributed by atoms with van der Waals surface area (Å²) in [6.07, 6.45) is 4.63. The van der Waals surface area contributed by atoms with E-state index in [4.69, 9.17) is 0 Å². The van der Waals surface area contributed by atoms with Gasteiger partial charge in [0.05, 0.1) is 6.42 Å². The van der Waals surface area contributed by atoms with Gasteiger partial charge < -0.3 is 4.90 Å². The molecule has 0 aromatic rings. The highest BCUT2D eigenvalue weighted by Gasteiger charge is 2.04. The summed E-state index contributed by atoms with van der Waals surface area (Å²) in [7, 11) is 0. The first kappa shape index (κ1) is 14.6. The van der Waals surface area contributed by atoms with Crippen LogP contribution in [0.5, 0.6) is 0 Å². The van der Waals surface area contributed by atoms with Crippen molar-refractivity contribution in [2.45, 2.75) is 33.1 Å². The summed E-state index contributed by atoms with van der Waals surface area (Å²) < 4.78 is 0. The molecule has 0 spiro atoms. The van der Waals surface area contributed by atoms with Crippen LogP contribution in [0.25, 0.3) is 0 Å². The number of allylic oxidation sites excluding steroid dienone is 1. The van der Waals surface area contributed by atoms with Crippen molar-refractivity contribution in [2.75, 3.05) is 13.1 Å². The minimum absolute atomic E-state index is 0.00463. The minimum atomic E-state index is -0.164. The highest BCUT2D eigenvalue weighted by atomic mass is 16.1. The van der Waals surface area contributed by atoms with Crippen LogP contribution in [0, 0.1) is 0 Å². The van der Waals surface area contributed by atoms with E-state index in [0.29, 0.717) is 5.57 Å². The van der Waals surface area contributed by atoms with Crippen molar-refractivity contribution in [1.82, 2.24) is 4.90 Å². The van der Waals surface area contributed by atoms with Crippen molar-refractivity contribution in [3.8, 4) is 0 Å². The van der Waals surface area contributed by atoms with Gasteiger partial charge >= 0.3 is 0 Å². The topological polar surface area (TPSA) is 37.4 Å². The number of rotatable bonds is 4. The van der Waals surface area contributed by atoms with Crippen LogP contribution in [0.3, 0.4) is 0 Å². The van der Waals surface area contributed by atoms with Crippen LogP contribution in [0.2, 0.25) is 0 Å². The van der Waals surface area contributed by atoms with Crippen molar-refractivity contribution in [1.29, 1.82) is 0 Å². The first-order valence-corrected chi connectivity index (χ1v) is 5.52. The van der Waals surface area contributed by atoms with Gasteiger partial charge in [-0.05, 0) is 38.5 Å². The molecule has 0 radical (unpaired) electrons. The molecule has 0 atom stereocenters. The van der Waals surface area contributed by atoms with E-state index in [1.54, 1.807) is 6.92 Å². The number of carbonyl (C=O) groups excluding carboxylic acids is 2. The Bertz CT molecular complexity index is 276. The molecule has 16 heavy (non-hydrogen) atoms. The molecule has 3 nitrogen and oxygen atoms in total. The maximum atomic E-state index is 10.6. The maximum absolute atomic E-state index is 10.6. The molecule has 1 heterocycles. The van der Waals surface area contributed by atoms with Gasteiger partial charge in [0.25, 0.3) is 0 Å². The van der Waals surface area contributed by atoms with Gasteiger partial charge in [0.1, 0.15) is 5.78 Å². The molecule has 1 saturated heterocycles. The van der Waals surface area contributed by atoms with E-state index in [0.717, 1.165) is 0 Å². The Balaban J connectivity index is 0.000000288. The summed E-state index contributed by atoms with van der Waals surface area (Å²) in [5, 5.41) is 0. The van der Waals surface area contributed by atoms with Crippen molar-refractivity contribution < 1.29 is 9.59 Å². The molecule has 0 aromatic carbocycles. The lowest BCUT2D eigenvalue weighted by Gasteiger charge is -2.07. The summed E-state index contributed by atoms with van der Waals surface area (Å²) >= 11 is 0. The summed E-state index contributed by atoms with van der Waals surface area (Å²) in [4.78, 5) is 23.2. The largest absolute Gasteiger partial charge is 0.378 e. The lowest BCUT2D eigenvalue weighted by Crippen LogP contribution is -2.08. The third kappa shape index (κ3) is 6.98. The smallest absolute Gasteiger partial charge is 0.165 e. The van der Waals surface area contributed by atoms with Crippen molar-refractivity contribution >= 4 is 11.6 Å². The standard InChI is InChI=1S/C7H10O2.C6H11N/c1-5(2)7(9)4-6(3)8;1-2-7-5-3-4-6-7/h1,4H2,2-3H3;2H,1,3-6H2. The van der Waals surface area contributed by atoms with E-state index in [2.05, 4.69) is 18.1 Å². The molecule has 0 N–H and O–H groups in total. The lowest BCUT2D eigenvalue weighted by molar-refractivity contribution is -0.123. The average Bonchev–Trinajstić information content (AvgIpc) is 2.69. The van der Waals surface area contributed by atoms with E-state index in [1.807, 2.05) is 6.20 Å². The van der Waals surface area contributed by atoms with Crippen LogP contribution in [0.4, 0.5) is 0 Å². The molecule has 1 fully saturated rings. The fourth-order valence-corrected chi connectivity index (χ4v) is 1.30. The molecule has 0 aromatic heterocycles. The zero-order valence-electron chi connectivity index (χ0n) is 10.3. The number of Topliss-reactive ketones (excluding diaryl/α,β-unsaturated/α-hetero) is 2. The molecular formula is C13H21NO2. The van der Waals surface area contributed by atoms with Crippen LogP contribution in [-0.4, -0.2) is 29.6 Å².